The zero-order chi connectivity index (χ0) is 16.2. The molecule has 7 heteroatoms. The van der Waals surface area contributed by atoms with Gasteiger partial charge in [0.25, 0.3) is 0 Å². The summed E-state index contributed by atoms with van der Waals surface area (Å²) >= 11 is 0. The van der Waals surface area contributed by atoms with Crippen molar-refractivity contribution in [1.82, 2.24) is 9.62 Å². The molecule has 0 spiro atoms. The van der Waals surface area contributed by atoms with Crippen molar-refractivity contribution in [1.29, 1.82) is 0 Å². The van der Waals surface area contributed by atoms with Gasteiger partial charge >= 0.3 is 0 Å². The average Bonchev–Trinajstić information content (AvgIpc) is 2.47. The molecule has 0 aliphatic carbocycles. The summed E-state index contributed by atoms with van der Waals surface area (Å²) in [4.78, 5) is 13.9. The number of nitrogens with two attached hydrogens (primary N) is 1. The van der Waals surface area contributed by atoms with Gasteiger partial charge in [-0.2, -0.15) is 0 Å². The van der Waals surface area contributed by atoms with Gasteiger partial charge in [0.1, 0.15) is 6.04 Å². The van der Waals surface area contributed by atoms with Gasteiger partial charge in [0.05, 0.1) is 6.26 Å². The van der Waals surface area contributed by atoms with Crippen molar-refractivity contribution >= 4 is 15.9 Å². The highest BCUT2D eigenvalue weighted by Gasteiger charge is 2.29. The minimum atomic E-state index is -3.15. The number of primary amides is 1. The van der Waals surface area contributed by atoms with E-state index in [-0.39, 0.29) is 5.91 Å². The van der Waals surface area contributed by atoms with Crippen LogP contribution in [0, 0.1) is 5.92 Å². The molecule has 1 saturated heterocycles. The Morgan fingerprint density at radius 2 is 1.91 bits per heavy atom. The molecule has 1 fully saturated rings. The molecule has 1 heterocycles. The molecule has 3 N–H and O–H groups in total. The fourth-order valence-electron chi connectivity index (χ4n) is 2.87. The quantitative estimate of drug-likeness (QED) is 0.795. The molecular formula is C15H23N3O3S. The minimum absolute atomic E-state index is 0.301. The van der Waals surface area contributed by atoms with Crippen molar-refractivity contribution in [3.63, 3.8) is 0 Å². The van der Waals surface area contributed by atoms with Crippen LogP contribution in [0.25, 0.3) is 0 Å². The van der Waals surface area contributed by atoms with E-state index >= 15 is 0 Å². The summed E-state index contributed by atoms with van der Waals surface area (Å²) in [5.41, 5.74) is 6.48. The van der Waals surface area contributed by atoms with Crippen LogP contribution in [0.3, 0.4) is 0 Å². The second kappa shape index (κ2) is 7.21. The Hall–Kier alpha value is -1.44. The molecular weight excluding hydrogens is 302 g/mol. The van der Waals surface area contributed by atoms with Crippen LogP contribution >= 0.6 is 0 Å². The largest absolute Gasteiger partial charge is 0.368 e. The maximum Gasteiger partial charge on any atom is 0.239 e. The fourth-order valence-corrected chi connectivity index (χ4v) is 3.41. The molecule has 1 unspecified atom stereocenters. The third-order valence-corrected chi connectivity index (χ3v) is 4.72. The van der Waals surface area contributed by atoms with Gasteiger partial charge in [0.15, 0.2) is 0 Å². The number of sulfonamides is 1. The first kappa shape index (κ1) is 16.9. The first-order valence-electron chi connectivity index (χ1n) is 7.40. The van der Waals surface area contributed by atoms with E-state index in [2.05, 4.69) is 9.62 Å². The van der Waals surface area contributed by atoms with Crippen molar-refractivity contribution in [3.8, 4) is 0 Å². The standard InChI is InChI=1S/C15H23N3O3S/c1-22(20,21)17-11-12-7-9-18(10-8-12)14(15(16)19)13-5-3-2-4-6-13/h2-6,12,14,17H,7-11H2,1H3,(H2,16,19). The highest BCUT2D eigenvalue weighted by molar-refractivity contribution is 7.88. The first-order valence-corrected chi connectivity index (χ1v) is 9.29. The van der Waals surface area contributed by atoms with Crippen LogP contribution in [0.1, 0.15) is 24.4 Å². The van der Waals surface area contributed by atoms with Crippen molar-refractivity contribution in [3.05, 3.63) is 35.9 Å². The zero-order valence-electron chi connectivity index (χ0n) is 12.7. The number of likely N-dealkylation sites (tertiary alicyclic amines) is 1. The van der Waals surface area contributed by atoms with E-state index in [0.717, 1.165) is 31.5 Å². The van der Waals surface area contributed by atoms with E-state index in [0.29, 0.717) is 12.5 Å². The minimum Gasteiger partial charge on any atom is -0.368 e. The molecule has 0 aromatic heterocycles. The molecule has 1 aromatic carbocycles. The average molecular weight is 325 g/mol. The number of rotatable bonds is 6. The Morgan fingerprint density at radius 3 is 2.41 bits per heavy atom. The summed E-state index contributed by atoms with van der Waals surface area (Å²) in [6.07, 6.45) is 2.86. The van der Waals surface area contributed by atoms with E-state index in [1.807, 2.05) is 30.3 Å². The molecule has 0 bridgehead atoms. The number of carbonyl (C=O) groups is 1. The first-order chi connectivity index (χ1) is 10.4. The third kappa shape index (κ3) is 4.79. The summed E-state index contributed by atoms with van der Waals surface area (Å²) in [5, 5.41) is 0. The predicted octanol–water partition coefficient (Wildman–Crippen LogP) is 0.474. The molecule has 1 atom stereocenters. The topological polar surface area (TPSA) is 92.5 Å². The van der Waals surface area contributed by atoms with Gasteiger partial charge in [0.2, 0.25) is 15.9 Å². The maximum absolute atomic E-state index is 11.8. The maximum atomic E-state index is 11.8. The molecule has 0 radical (unpaired) electrons. The van der Waals surface area contributed by atoms with E-state index in [4.69, 9.17) is 5.73 Å². The number of carbonyl (C=O) groups excluding carboxylic acids is 1. The van der Waals surface area contributed by atoms with E-state index in [1.54, 1.807) is 0 Å². The van der Waals surface area contributed by atoms with Crippen LogP contribution in [0.2, 0.25) is 0 Å². The molecule has 2 rings (SSSR count). The lowest BCUT2D eigenvalue weighted by Crippen LogP contribution is -2.44. The second-order valence-corrected chi connectivity index (χ2v) is 7.65. The van der Waals surface area contributed by atoms with E-state index in [9.17, 15) is 13.2 Å². The van der Waals surface area contributed by atoms with Gasteiger partial charge in [0, 0.05) is 6.54 Å². The SMILES string of the molecule is CS(=O)(=O)NCC1CCN(C(C(N)=O)c2ccccc2)CC1. The summed E-state index contributed by atoms with van der Waals surface area (Å²) in [5.74, 6) is -0.0471. The Bertz CT molecular complexity index is 596. The monoisotopic (exact) mass is 325 g/mol. The van der Waals surface area contributed by atoms with Crippen molar-refractivity contribution in [2.75, 3.05) is 25.9 Å². The Labute approximate surface area is 131 Å². The fraction of sp³-hybridized carbons (Fsp3) is 0.533. The molecule has 0 saturated carbocycles. The Morgan fingerprint density at radius 1 is 1.32 bits per heavy atom. The van der Waals surface area contributed by atoms with E-state index in [1.165, 1.54) is 6.26 Å². The van der Waals surface area contributed by atoms with Gasteiger partial charge in [-0.05, 0) is 37.4 Å². The number of hydrogen-bond donors (Lipinski definition) is 2. The predicted molar refractivity (Wildman–Crippen MR) is 85.5 cm³/mol. The van der Waals surface area contributed by atoms with Crippen LogP contribution in [-0.2, 0) is 14.8 Å². The normalized spacial score (nSPS) is 19.0. The molecule has 1 aliphatic rings. The number of hydrogen-bond acceptors (Lipinski definition) is 4. The number of nitrogens with zero attached hydrogens (tertiary/aromatic N) is 1. The zero-order valence-corrected chi connectivity index (χ0v) is 13.6. The Kier molecular flexibility index (Phi) is 5.55. The molecule has 1 amide bonds. The lowest BCUT2D eigenvalue weighted by Gasteiger charge is -2.36. The molecule has 1 aliphatic heterocycles. The Balaban J connectivity index is 1.96. The highest BCUT2D eigenvalue weighted by atomic mass is 32.2. The van der Waals surface area contributed by atoms with Crippen LogP contribution in [0.5, 0.6) is 0 Å². The lowest BCUT2D eigenvalue weighted by molar-refractivity contribution is -0.124. The van der Waals surface area contributed by atoms with Crippen LogP contribution in [-0.4, -0.2) is 45.1 Å². The highest BCUT2D eigenvalue weighted by Crippen LogP contribution is 2.26. The molecule has 22 heavy (non-hydrogen) atoms. The summed E-state index contributed by atoms with van der Waals surface area (Å²) < 4.78 is 24.8. The second-order valence-electron chi connectivity index (χ2n) is 5.82. The third-order valence-electron chi connectivity index (χ3n) is 4.03. The van der Waals surface area contributed by atoms with Gasteiger partial charge in [-0.25, -0.2) is 13.1 Å². The number of benzene rings is 1. The van der Waals surface area contributed by atoms with Crippen LogP contribution in [0.15, 0.2) is 30.3 Å². The smallest absolute Gasteiger partial charge is 0.239 e. The van der Waals surface area contributed by atoms with Gasteiger partial charge in [-0.15, -0.1) is 0 Å². The van der Waals surface area contributed by atoms with Gasteiger partial charge in [-0.1, -0.05) is 30.3 Å². The van der Waals surface area contributed by atoms with Crippen molar-refractivity contribution in [2.24, 2.45) is 11.7 Å². The number of piperidine rings is 1. The van der Waals surface area contributed by atoms with Crippen LogP contribution < -0.4 is 10.5 Å². The van der Waals surface area contributed by atoms with Gasteiger partial charge in [-0.3, -0.25) is 9.69 Å². The number of nitrogens with one attached hydrogen (secondary N) is 1. The lowest BCUT2D eigenvalue weighted by atomic mass is 9.94. The molecule has 1 aromatic rings. The summed E-state index contributed by atoms with van der Waals surface area (Å²) in [6, 6.07) is 9.11. The van der Waals surface area contributed by atoms with Crippen molar-refractivity contribution < 1.29 is 13.2 Å². The summed E-state index contributed by atoms with van der Waals surface area (Å²) in [6.45, 7) is 1.93. The molecule has 6 nitrogen and oxygen atoms in total. The number of amides is 1. The van der Waals surface area contributed by atoms with Gasteiger partial charge < -0.3 is 5.73 Å². The summed E-state index contributed by atoms with van der Waals surface area (Å²) in [7, 11) is -3.15. The van der Waals surface area contributed by atoms with Crippen LogP contribution in [0.4, 0.5) is 0 Å². The van der Waals surface area contributed by atoms with Crippen molar-refractivity contribution in [2.45, 2.75) is 18.9 Å². The molecule has 122 valence electrons. The van der Waals surface area contributed by atoms with E-state index < -0.39 is 16.1 Å².